The molecule has 0 amide bonds. The van der Waals surface area contributed by atoms with E-state index in [9.17, 15) is 9.50 Å². The Labute approximate surface area is 168 Å². The summed E-state index contributed by atoms with van der Waals surface area (Å²) in [6.45, 7) is 1.85. The number of halogens is 3. The number of imidazole rings is 1. The Balaban J connectivity index is 1.62. The van der Waals surface area contributed by atoms with Crippen LogP contribution in [0, 0.1) is 5.82 Å². The second kappa shape index (κ2) is 7.03. The number of benzene rings is 2. The van der Waals surface area contributed by atoms with Gasteiger partial charge in [-0.3, -0.25) is 4.57 Å². The van der Waals surface area contributed by atoms with Crippen molar-refractivity contribution in [2.75, 3.05) is 0 Å². The first kappa shape index (κ1) is 18.1. The minimum absolute atomic E-state index is 0.0182. The summed E-state index contributed by atoms with van der Waals surface area (Å²) >= 11 is 13.5. The molecule has 0 fully saturated rings. The first-order chi connectivity index (χ1) is 12.9. The summed E-state index contributed by atoms with van der Waals surface area (Å²) in [5.41, 5.74) is 1.92. The molecule has 1 atom stereocenters. The molecule has 0 aliphatic carbocycles. The van der Waals surface area contributed by atoms with E-state index >= 15 is 0 Å². The molecule has 4 rings (SSSR count). The molecule has 27 heavy (non-hydrogen) atoms. The highest BCUT2D eigenvalue weighted by Gasteiger charge is 2.16. The van der Waals surface area contributed by atoms with Gasteiger partial charge in [0.25, 0.3) is 0 Å². The van der Waals surface area contributed by atoms with E-state index in [1.807, 2.05) is 22.9 Å². The van der Waals surface area contributed by atoms with E-state index in [1.54, 1.807) is 24.5 Å². The van der Waals surface area contributed by atoms with Gasteiger partial charge < -0.3 is 9.84 Å². The molecule has 0 aliphatic heterocycles. The fourth-order valence-electron chi connectivity index (χ4n) is 2.79. The third-order valence-corrected chi connectivity index (χ3v) is 5.76. The van der Waals surface area contributed by atoms with Crippen LogP contribution in [0.15, 0.2) is 48.1 Å². The Hall–Kier alpha value is -2.28. The van der Waals surface area contributed by atoms with Crippen LogP contribution >= 0.6 is 34.5 Å². The summed E-state index contributed by atoms with van der Waals surface area (Å²) in [6, 6.07) is 9.77. The summed E-state index contributed by atoms with van der Waals surface area (Å²) in [5.74, 6) is 0.169. The largest absolute Gasteiger partial charge is 0.506 e. The van der Waals surface area contributed by atoms with Crippen LogP contribution in [0.25, 0.3) is 16.0 Å². The average molecular weight is 423 g/mol. The standard InChI is InChI=1S/C19H13Cl2FN2O2S/c1-10(12-3-2-4-17(25)19(12)21)26-11-5-18(27-8-11)24-9-23-15-7-14(22)13(20)6-16(15)24/h2-10,25H,1H3/t10-/m1/s1. The molecule has 0 aliphatic rings. The number of aromatic hydroxyl groups is 1. The minimum Gasteiger partial charge on any atom is -0.506 e. The molecule has 4 nitrogen and oxygen atoms in total. The predicted octanol–water partition coefficient (Wildman–Crippen LogP) is 6.38. The third kappa shape index (κ3) is 3.36. The molecule has 2 heterocycles. The van der Waals surface area contributed by atoms with Gasteiger partial charge in [-0.2, -0.15) is 0 Å². The summed E-state index contributed by atoms with van der Waals surface area (Å²) < 4.78 is 21.4. The SMILES string of the molecule is C[C@@H](Oc1csc(-n2cnc3cc(F)c(Cl)cc32)c1)c1cccc(O)c1Cl. The van der Waals surface area contributed by atoms with Gasteiger partial charge in [-0.25, -0.2) is 9.37 Å². The summed E-state index contributed by atoms with van der Waals surface area (Å²) in [6.07, 6.45) is 1.26. The summed E-state index contributed by atoms with van der Waals surface area (Å²) in [5, 5.41) is 12.8. The number of nitrogens with zero attached hydrogens (tertiary/aromatic N) is 2. The normalized spacial score (nSPS) is 12.4. The van der Waals surface area contributed by atoms with E-state index in [2.05, 4.69) is 4.98 Å². The molecule has 2 aromatic heterocycles. The van der Waals surface area contributed by atoms with Crippen LogP contribution in [-0.4, -0.2) is 14.7 Å². The van der Waals surface area contributed by atoms with Crippen molar-refractivity contribution in [2.45, 2.75) is 13.0 Å². The van der Waals surface area contributed by atoms with Crippen LogP contribution < -0.4 is 4.74 Å². The van der Waals surface area contributed by atoms with Crippen molar-refractivity contribution >= 4 is 45.6 Å². The highest BCUT2D eigenvalue weighted by Crippen LogP contribution is 2.35. The fourth-order valence-corrected chi connectivity index (χ4v) is 4.04. The lowest BCUT2D eigenvalue weighted by molar-refractivity contribution is 0.227. The molecule has 0 saturated carbocycles. The number of thiophene rings is 1. The molecule has 2 aromatic carbocycles. The second-order valence-electron chi connectivity index (χ2n) is 5.93. The van der Waals surface area contributed by atoms with Crippen molar-refractivity contribution in [2.24, 2.45) is 0 Å². The van der Waals surface area contributed by atoms with E-state index in [1.165, 1.54) is 23.5 Å². The number of ether oxygens (including phenoxy) is 1. The van der Waals surface area contributed by atoms with Gasteiger partial charge in [0, 0.05) is 23.1 Å². The van der Waals surface area contributed by atoms with Gasteiger partial charge in [-0.05, 0) is 19.1 Å². The predicted molar refractivity (Wildman–Crippen MR) is 106 cm³/mol. The van der Waals surface area contributed by atoms with Crippen molar-refractivity contribution in [3.05, 3.63) is 69.5 Å². The van der Waals surface area contributed by atoms with E-state index in [0.29, 0.717) is 22.3 Å². The number of hydrogen-bond donors (Lipinski definition) is 1. The maximum atomic E-state index is 13.6. The highest BCUT2D eigenvalue weighted by molar-refractivity contribution is 7.12. The third-order valence-electron chi connectivity index (χ3n) is 4.15. The lowest BCUT2D eigenvalue weighted by Gasteiger charge is -2.15. The van der Waals surface area contributed by atoms with Gasteiger partial charge in [-0.1, -0.05) is 35.3 Å². The summed E-state index contributed by atoms with van der Waals surface area (Å²) in [4.78, 5) is 4.22. The molecular weight excluding hydrogens is 410 g/mol. The fraction of sp³-hybridized carbons (Fsp3) is 0.105. The van der Waals surface area contributed by atoms with Crippen molar-refractivity contribution in [1.29, 1.82) is 0 Å². The van der Waals surface area contributed by atoms with Gasteiger partial charge in [0.2, 0.25) is 0 Å². The van der Waals surface area contributed by atoms with Crippen molar-refractivity contribution < 1.29 is 14.2 Å². The van der Waals surface area contributed by atoms with Crippen LogP contribution in [-0.2, 0) is 0 Å². The Bertz CT molecular complexity index is 1140. The topological polar surface area (TPSA) is 47.3 Å². The number of fused-ring (bicyclic) bond motifs is 1. The van der Waals surface area contributed by atoms with Crippen LogP contribution in [0.4, 0.5) is 4.39 Å². The molecule has 4 aromatic rings. The summed E-state index contributed by atoms with van der Waals surface area (Å²) in [7, 11) is 0. The molecule has 8 heteroatoms. The van der Waals surface area contributed by atoms with Crippen molar-refractivity contribution in [3.8, 4) is 16.5 Å². The number of aromatic nitrogens is 2. The average Bonchev–Trinajstić information content (AvgIpc) is 3.24. The molecule has 0 radical (unpaired) electrons. The van der Waals surface area contributed by atoms with Gasteiger partial charge >= 0.3 is 0 Å². The molecule has 0 bridgehead atoms. The monoisotopic (exact) mass is 422 g/mol. The second-order valence-corrected chi connectivity index (χ2v) is 7.61. The number of rotatable bonds is 4. The van der Waals surface area contributed by atoms with E-state index in [0.717, 1.165) is 5.00 Å². The molecule has 0 saturated heterocycles. The number of hydrogen-bond acceptors (Lipinski definition) is 4. The van der Waals surface area contributed by atoms with E-state index in [-0.39, 0.29) is 21.9 Å². The van der Waals surface area contributed by atoms with Gasteiger partial charge in [0.1, 0.15) is 34.7 Å². The van der Waals surface area contributed by atoms with Gasteiger partial charge in [-0.15, -0.1) is 11.3 Å². The van der Waals surface area contributed by atoms with Crippen LogP contribution in [0.2, 0.25) is 10.0 Å². The Morgan fingerprint density at radius 3 is 2.89 bits per heavy atom. The smallest absolute Gasteiger partial charge is 0.144 e. The minimum atomic E-state index is -0.499. The van der Waals surface area contributed by atoms with Gasteiger partial charge in [0.05, 0.1) is 21.1 Å². The van der Waals surface area contributed by atoms with Crippen LogP contribution in [0.3, 0.4) is 0 Å². The Kier molecular flexibility index (Phi) is 4.72. The van der Waals surface area contributed by atoms with Gasteiger partial charge in [0.15, 0.2) is 0 Å². The first-order valence-corrected chi connectivity index (χ1v) is 9.62. The van der Waals surface area contributed by atoms with Crippen LogP contribution in [0.1, 0.15) is 18.6 Å². The van der Waals surface area contributed by atoms with E-state index in [4.69, 9.17) is 27.9 Å². The van der Waals surface area contributed by atoms with Crippen molar-refractivity contribution in [3.63, 3.8) is 0 Å². The Morgan fingerprint density at radius 1 is 1.26 bits per heavy atom. The lowest BCUT2D eigenvalue weighted by Crippen LogP contribution is -2.03. The maximum absolute atomic E-state index is 13.6. The zero-order chi connectivity index (χ0) is 19.1. The van der Waals surface area contributed by atoms with Crippen LogP contribution in [0.5, 0.6) is 11.5 Å². The molecule has 0 unspecified atom stereocenters. The molecular formula is C19H13Cl2FN2O2S. The molecule has 0 spiro atoms. The molecule has 138 valence electrons. The highest BCUT2D eigenvalue weighted by atomic mass is 35.5. The lowest BCUT2D eigenvalue weighted by atomic mass is 10.1. The maximum Gasteiger partial charge on any atom is 0.144 e. The van der Waals surface area contributed by atoms with E-state index < -0.39 is 5.82 Å². The Morgan fingerprint density at radius 2 is 2.07 bits per heavy atom. The first-order valence-electron chi connectivity index (χ1n) is 7.99. The number of phenols is 1. The zero-order valence-corrected chi connectivity index (χ0v) is 16.3. The quantitative estimate of drug-likeness (QED) is 0.415. The van der Waals surface area contributed by atoms with Crippen molar-refractivity contribution in [1.82, 2.24) is 9.55 Å². The zero-order valence-electron chi connectivity index (χ0n) is 14.0. The molecule has 1 N–H and O–H groups in total. The number of phenolic OH excluding ortho intramolecular Hbond substituents is 1.